The average Bonchev–Trinajstić information content (AvgIpc) is 2.86. The molecule has 19 heavy (non-hydrogen) atoms. The van der Waals surface area contributed by atoms with Crippen molar-refractivity contribution in [3.05, 3.63) is 47.7 Å². The van der Waals surface area contributed by atoms with Gasteiger partial charge in [-0.3, -0.25) is 0 Å². The summed E-state index contributed by atoms with van der Waals surface area (Å²) in [6, 6.07) is 12.7. The lowest BCUT2D eigenvalue weighted by atomic mass is 10.1. The number of ether oxygens (including phenoxy) is 1. The minimum atomic E-state index is 0.457. The predicted molar refractivity (Wildman–Crippen MR) is 76.8 cm³/mol. The van der Waals surface area contributed by atoms with E-state index in [-0.39, 0.29) is 0 Å². The molecule has 0 spiro atoms. The molecule has 1 heterocycles. The summed E-state index contributed by atoms with van der Waals surface area (Å²) in [4.78, 5) is 0. The van der Waals surface area contributed by atoms with Crippen LogP contribution in [0.3, 0.4) is 0 Å². The van der Waals surface area contributed by atoms with Crippen molar-refractivity contribution in [3.63, 3.8) is 0 Å². The van der Waals surface area contributed by atoms with Crippen molar-refractivity contribution < 1.29 is 9.15 Å². The second-order valence-electron chi connectivity index (χ2n) is 4.93. The summed E-state index contributed by atoms with van der Waals surface area (Å²) in [6.45, 7) is 5.63. The van der Waals surface area contributed by atoms with Crippen LogP contribution in [0.1, 0.15) is 25.2 Å². The molecule has 0 aliphatic heterocycles. The lowest BCUT2D eigenvalue weighted by Crippen LogP contribution is -2.21. The maximum Gasteiger partial charge on any atom is 0.134 e. The first kappa shape index (κ1) is 13.8. The average molecular weight is 259 g/mol. The predicted octanol–water partition coefficient (Wildman–Crippen LogP) is 3.59. The van der Waals surface area contributed by atoms with Crippen LogP contribution in [0.15, 0.2) is 40.8 Å². The minimum Gasteiger partial charge on any atom is -0.460 e. The first-order valence-electron chi connectivity index (χ1n) is 6.59. The minimum absolute atomic E-state index is 0.457. The molecule has 0 bridgehead atoms. The van der Waals surface area contributed by atoms with Crippen LogP contribution in [0.4, 0.5) is 0 Å². The van der Waals surface area contributed by atoms with Crippen molar-refractivity contribution in [1.82, 2.24) is 5.32 Å². The standard InChI is InChI=1S/C16H21NO2/c1-12(2)17-10-15-7-8-16(19-15)14-6-4-5-13(9-14)11-18-3/h4-9,12,17H,10-11H2,1-3H3. The molecule has 0 aliphatic carbocycles. The number of benzene rings is 1. The Kier molecular flexibility index (Phi) is 4.77. The first-order chi connectivity index (χ1) is 9.19. The van der Waals surface area contributed by atoms with Crippen molar-refractivity contribution in [2.45, 2.75) is 33.0 Å². The number of methoxy groups -OCH3 is 1. The quantitative estimate of drug-likeness (QED) is 0.861. The van der Waals surface area contributed by atoms with Crippen LogP contribution in [0, 0.1) is 0 Å². The highest BCUT2D eigenvalue weighted by molar-refractivity contribution is 5.58. The fourth-order valence-corrected chi connectivity index (χ4v) is 1.91. The molecular weight excluding hydrogens is 238 g/mol. The zero-order chi connectivity index (χ0) is 13.7. The molecule has 0 unspecified atom stereocenters. The zero-order valence-electron chi connectivity index (χ0n) is 11.8. The topological polar surface area (TPSA) is 34.4 Å². The lowest BCUT2D eigenvalue weighted by Gasteiger charge is -2.05. The molecule has 0 aliphatic rings. The highest BCUT2D eigenvalue weighted by atomic mass is 16.5. The molecule has 0 fully saturated rings. The van der Waals surface area contributed by atoms with Gasteiger partial charge in [-0.1, -0.05) is 32.0 Å². The number of rotatable bonds is 6. The van der Waals surface area contributed by atoms with E-state index in [4.69, 9.17) is 9.15 Å². The van der Waals surface area contributed by atoms with Crippen LogP contribution < -0.4 is 5.32 Å². The van der Waals surface area contributed by atoms with Crippen molar-refractivity contribution in [3.8, 4) is 11.3 Å². The van der Waals surface area contributed by atoms with Crippen molar-refractivity contribution >= 4 is 0 Å². The van der Waals surface area contributed by atoms with E-state index in [2.05, 4.69) is 37.4 Å². The molecule has 0 radical (unpaired) electrons. The normalized spacial score (nSPS) is 11.2. The monoisotopic (exact) mass is 259 g/mol. The van der Waals surface area contributed by atoms with Crippen LogP contribution in [0.5, 0.6) is 0 Å². The highest BCUT2D eigenvalue weighted by Crippen LogP contribution is 2.23. The van der Waals surface area contributed by atoms with Crippen molar-refractivity contribution in [2.24, 2.45) is 0 Å². The van der Waals surface area contributed by atoms with Crippen LogP contribution in [-0.2, 0) is 17.9 Å². The molecule has 1 N–H and O–H groups in total. The third kappa shape index (κ3) is 3.94. The smallest absolute Gasteiger partial charge is 0.134 e. The Hall–Kier alpha value is -1.58. The van der Waals surface area contributed by atoms with Crippen molar-refractivity contribution in [1.29, 1.82) is 0 Å². The van der Waals surface area contributed by atoms with Crippen LogP contribution >= 0.6 is 0 Å². The largest absolute Gasteiger partial charge is 0.460 e. The summed E-state index contributed by atoms with van der Waals surface area (Å²) in [5.74, 6) is 1.86. The Balaban J connectivity index is 2.11. The molecule has 0 atom stereocenters. The van der Waals surface area contributed by atoms with Gasteiger partial charge >= 0.3 is 0 Å². The van der Waals surface area contributed by atoms with Gasteiger partial charge in [-0.15, -0.1) is 0 Å². The van der Waals surface area contributed by atoms with E-state index in [0.717, 1.165) is 29.2 Å². The lowest BCUT2D eigenvalue weighted by molar-refractivity contribution is 0.185. The molecule has 2 rings (SSSR count). The fourth-order valence-electron chi connectivity index (χ4n) is 1.91. The summed E-state index contributed by atoms with van der Waals surface area (Å²) >= 11 is 0. The third-order valence-electron chi connectivity index (χ3n) is 2.87. The van der Waals surface area contributed by atoms with Gasteiger partial charge in [0, 0.05) is 18.7 Å². The van der Waals surface area contributed by atoms with E-state index < -0.39 is 0 Å². The molecule has 0 saturated heterocycles. The van der Waals surface area contributed by atoms with Crippen LogP contribution in [-0.4, -0.2) is 13.2 Å². The molecule has 1 aromatic carbocycles. The van der Waals surface area contributed by atoms with Gasteiger partial charge in [-0.25, -0.2) is 0 Å². The Labute approximate surface area is 114 Å². The number of hydrogen-bond acceptors (Lipinski definition) is 3. The molecular formula is C16H21NO2. The zero-order valence-corrected chi connectivity index (χ0v) is 11.8. The van der Waals surface area contributed by atoms with E-state index in [1.54, 1.807) is 7.11 Å². The van der Waals surface area contributed by atoms with Gasteiger partial charge in [-0.05, 0) is 23.8 Å². The second kappa shape index (κ2) is 6.55. The Morgan fingerprint density at radius 3 is 2.79 bits per heavy atom. The summed E-state index contributed by atoms with van der Waals surface area (Å²) < 4.78 is 11.0. The first-order valence-corrected chi connectivity index (χ1v) is 6.59. The Morgan fingerprint density at radius 2 is 2.05 bits per heavy atom. The third-order valence-corrected chi connectivity index (χ3v) is 2.87. The molecule has 3 heteroatoms. The van der Waals surface area contributed by atoms with Crippen molar-refractivity contribution in [2.75, 3.05) is 7.11 Å². The highest BCUT2D eigenvalue weighted by Gasteiger charge is 2.06. The summed E-state index contributed by atoms with van der Waals surface area (Å²) in [5.41, 5.74) is 2.24. The fraction of sp³-hybridized carbons (Fsp3) is 0.375. The van der Waals surface area contributed by atoms with Gasteiger partial charge in [0.15, 0.2) is 0 Å². The summed E-state index contributed by atoms with van der Waals surface area (Å²) in [7, 11) is 1.70. The Morgan fingerprint density at radius 1 is 1.21 bits per heavy atom. The molecule has 0 amide bonds. The van der Waals surface area contributed by atoms with E-state index >= 15 is 0 Å². The maximum atomic E-state index is 5.85. The van der Waals surface area contributed by atoms with Gasteiger partial charge in [0.2, 0.25) is 0 Å². The van der Waals surface area contributed by atoms with E-state index in [1.165, 1.54) is 0 Å². The Bertz CT molecular complexity index is 517. The van der Waals surface area contributed by atoms with E-state index in [1.807, 2.05) is 18.2 Å². The molecule has 102 valence electrons. The van der Waals surface area contributed by atoms with Gasteiger partial charge in [0.1, 0.15) is 11.5 Å². The van der Waals surface area contributed by atoms with Gasteiger partial charge in [-0.2, -0.15) is 0 Å². The molecule has 1 aromatic heterocycles. The summed E-state index contributed by atoms with van der Waals surface area (Å²) in [6.07, 6.45) is 0. The second-order valence-corrected chi connectivity index (χ2v) is 4.93. The number of hydrogen-bond donors (Lipinski definition) is 1. The SMILES string of the molecule is COCc1cccc(-c2ccc(CNC(C)C)o2)c1. The van der Waals surface area contributed by atoms with Gasteiger partial charge in [0.05, 0.1) is 13.2 Å². The maximum absolute atomic E-state index is 5.85. The summed E-state index contributed by atoms with van der Waals surface area (Å²) in [5, 5.41) is 3.34. The molecule has 3 nitrogen and oxygen atoms in total. The van der Waals surface area contributed by atoms with Gasteiger partial charge in [0.25, 0.3) is 0 Å². The molecule has 0 saturated carbocycles. The molecule has 2 aromatic rings. The van der Waals surface area contributed by atoms with E-state index in [0.29, 0.717) is 12.6 Å². The van der Waals surface area contributed by atoms with E-state index in [9.17, 15) is 0 Å². The van der Waals surface area contributed by atoms with Crippen LogP contribution in [0.25, 0.3) is 11.3 Å². The van der Waals surface area contributed by atoms with Gasteiger partial charge < -0.3 is 14.5 Å². The van der Waals surface area contributed by atoms with Crippen LogP contribution in [0.2, 0.25) is 0 Å². The number of nitrogens with one attached hydrogen (secondary N) is 1. The number of furan rings is 1.